The molecule has 4 heteroatoms. The Morgan fingerprint density at radius 3 is 2.14 bits per heavy atom. The van der Waals surface area contributed by atoms with E-state index in [4.69, 9.17) is 0 Å². The zero-order chi connectivity index (χ0) is 14.5. The lowest BCUT2D eigenvalue weighted by molar-refractivity contribution is 0.583. The Morgan fingerprint density at radius 2 is 1.57 bits per heavy atom. The number of thiophene rings is 2. The van der Waals surface area contributed by atoms with Crippen molar-refractivity contribution in [1.29, 1.82) is 0 Å². The number of hydrogen-bond donors (Lipinski definition) is 1. The third-order valence-corrected chi connectivity index (χ3v) is 5.23. The van der Waals surface area contributed by atoms with Crippen molar-refractivity contribution in [2.45, 2.75) is 12.5 Å². The Bertz CT molecular complexity index is 628. The van der Waals surface area contributed by atoms with E-state index in [1.807, 2.05) is 12.1 Å². The molecule has 0 fully saturated rings. The molecule has 0 atom stereocenters. The van der Waals surface area contributed by atoms with Crippen LogP contribution >= 0.6 is 22.7 Å². The molecule has 2 heterocycles. The second kappa shape index (κ2) is 6.98. The summed E-state index contributed by atoms with van der Waals surface area (Å²) in [4.78, 5) is 2.59. The molecule has 0 bridgehead atoms. The average Bonchev–Trinajstić information content (AvgIpc) is 3.19. The molecule has 0 aliphatic rings. The van der Waals surface area contributed by atoms with Crippen LogP contribution in [0.3, 0.4) is 0 Å². The molecule has 0 aliphatic carbocycles. The normalized spacial score (nSPS) is 11.1. The number of rotatable bonds is 6. The molecule has 3 aromatic rings. The topological polar surface area (TPSA) is 12.0 Å². The van der Waals surface area contributed by atoms with Crippen molar-refractivity contribution in [3.05, 3.63) is 80.4 Å². The predicted molar refractivity (Wildman–Crippen MR) is 88.6 cm³/mol. The standard InChI is InChI=1S/C17H16FNS2/c18-14-6-2-1-5-13(14)9-10-19-17(15-7-3-11-20-15)16-8-4-12-21-16/h1-8,11-12,17,19H,9-10H2. The Hall–Kier alpha value is -1.49. The molecule has 0 spiro atoms. The molecule has 0 saturated carbocycles. The lowest BCUT2D eigenvalue weighted by atomic mass is 10.1. The van der Waals surface area contributed by atoms with Crippen molar-refractivity contribution >= 4 is 22.7 Å². The highest BCUT2D eigenvalue weighted by Gasteiger charge is 2.15. The van der Waals surface area contributed by atoms with E-state index in [2.05, 4.69) is 40.3 Å². The molecule has 0 amide bonds. The highest BCUT2D eigenvalue weighted by molar-refractivity contribution is 7.11. The zero-order valence-electron chi connectivity index (χ0n) is 11.5. The highest BCUT2D eigenvalue weighted by Crippen LogP contribution is 2.29. The van der Waals surface area contributed by atoms with Gasteiger partial charge in [0.25, 0.3) is 0 Å². The van der Waals surface area contributed by atoms with E-state index in [0.717, 1.165) is 12.1 Å². The molecule has 21 heavy (non-hydrogen) atoms. The van der Waals surface area contributed by atoms with E-state index in [9.17, 15) is 4.39 Å². The Kier molecular flexibility index (Phi) is 4.80. The minimum absolute atomic E-state index is 0.122. The van der Waals surface area contributed by atoms with Crippen LogP contribution in [0.2, 0.25) is 0 Å². The summed E-state index contributed by atoms with van der Waals surface area (Å²) in [6.45, 7) is 0.751. The molecule has 1 N–H and O–H groups in total. The van der Waals surface area contributed by atoms with Crippen LogP contribution in [0, 0.1) is 5.82 Å². The van der Waals surface area contributed by atoms with E-state index in [1.54, 1.807) is 28.7 Å². The summed E-state index contributed by atoms with van der Waals surface area (Å²) in [5, 5.41) is 7.74. The quantitative estimate of drug-likeness (QED) is 0.684. The third kappa shape index (κ3) is 3.59. The number of hydrogen-bond acceptors (Lipinski definition) is 3. The van der Waals surface area contributed by atoms with Crippen molar-refractivity contribution in [1.82, 2.24) is 5.32 Å². The zero-order valence-corrected chi connectivity index (χ0v) is 13.1. The van der Waals surface area contributed by atoms with Crippen LogP contribution in [0.5, 0.6) is 0 Å². The van der Waals surface area contributed by atoms with Gasteiger partial charge in [0.05, 0.1) is 6.04 Å². The lowest BCUT2D eigenvalue weighted by Gasteiger charge is -2.16. The van der Waals surface area contributed by atoms with Crippen molar-refractivity contribution in [3.63, 3.8) is 0 Å². The first kappa shape index (κ1) is 14.4. The molecule has 2 aromatic heterocycles. The number of nitrogens with one attached hydrogen (secondary N) is 1. The maximum Gasteiger partial charge on any atom is 0.126 e. The van der Waals surface area contributed by atoms with Crippen molar-refractivity contribution < 1.29 is 4.39 Å². The van der Waals surface area contributed by atoms with E-state index in [1.165, 1.54) is 15.8 Å². The molecule has 0 unspecified atom stereocenters. The fourth-order valence-corrected chi connectivity index (χ4v) is 4.01. The third-order valence-electron chi connectivity index (χ3n) is 3.36. The van der Waals surface area contributed by atoms with Gasteiger partial charge in [-0.3, -0.25) is 0 Å². The minimum atomic E-state index is -0.122. The monoisotopic (exact) mass is 317 g/mol. The molecule has 0 aliphatic heterocycles. The Morgan fingerprint density at radius 1 is 0.905 bits per heavy atom. The summed E-state index contributed by atoms with van der Waals surface area (Å²) in [6.07, 6.45) is 0.694. The summed E-state index contributed by atoms with van der Waals surface area (Å²) < 4.78 is 13.6. The summed E-state index contributed by atoms with van der Waals surface area (Å²) >= 11 is 3.50. The fourth-order valence-electron chi connectivity index (χ4n) is 2.30. The molecular formula is C17H16FNS2. The van der Waals surface area contributed by atoms with Gasteiger partial charge >= 0.3 is 0 Å². The number of halogens is 1. The van der Waals surface area contributed by atoms with Crippen LogP contribution in [0.15, 0.2) is 59.3 Å². The van der Waals surface area contributed by atoms with Crippen molar-refractivity contribution in [2.75, 3.05) is 6.54 Å². The van der Waals surface area contributed by atoms with E-state index < -0.39 is 0 Å². The van der Waals surface area contributed by atoms with Gasteiger partial charge < -0.3 is 5.32 Å². The lowest BCUT2D eigenvalue weighted by Crippen LogP contribution is -2.23. The van der Waals surface area contributed by atoms with Gasteiger partial charge in [-0.1, -0.05) is 30.3 Å². The van der Waals surface area contributed by atoms with Gasteiger partial charge in [-0.05, 0) is 40.9 Å². The summed E-state index contributed by atoms with van der Waals surface area (Å²) in [5.41, 5.74) is 0.765. The molecule has 1 aromatic carbocycles. The van der Waals surface area contributed by atoms with Crippen LogP contribution in [0.25, 0.3) is 0 Å². The van der Waals surface area contributed by atoms with Crippen molar-refractivity contribution in [3.8, 4) is 0 Å². The Balaban J connectivity index is 1.67. The highest BCUT2D eigenvalue weighted by atomic mass is 32.1. The van der Waals surface area contributed by atoms with Crippen LogP contribution < -0.4 is 5.32 Å². The SMILES string of the molecule is Fc1ccccc1CCNC(c1cccs1)c1cccs1. The van der Waals surface area contributed by atoms with Gasteiger partial charge in [-0.15, -0.1) is 22.7 Å². The first-order chi connectivity index (χ1) is 10.3. The fraction of sp³-hybridized carbons (Fsp3) is 0.176. The second-order valence-electron chi connectivity index (χ2n) is 4.76. The molecule has 0 radical (unpaired) electrons. The maximum absolute atomic E-state index is 13.6. The van der Waals surface area contributed by atoms with Crippen LogP contribution in [-0.2, 0) is 6.42 Å². The maximum atomic E-state index is 13.6. The largest absolute Gasteiger partial charge is 0.305 e. The first-order valence-corrected chi connectivity index (χ1v) is 8.64. The summed E-state index contributed by atoms with van der Waals surface area (Å²) in [6, 6.07) is 15.6. The summed E-state index contributed by atoms with van der Waals surface area (Å²) in [7, 11) is 0. The number of benzene rings is 1. The average molecular weight is 317 g/mol. The second-order valence-corrected chi connectivity index (χ2v) is 6.72. The van der Waals surface area contributed by atoms with Crippen LogP contribution in [0.1, 0.15) is 21.4 Å². The first-order valence-electron chi connectivity index (χ1n) is 6.88. The molecule has 1 nitrogen and oxygen atoms in total. The molecular weight excluding hydrogens is 301 g/mol. The molecule has 0 saturated heterocycles. The minimum Gasteiger partial charge on any atom is -0.305 e. The van der Waals surface area contributed by atoms with Gasteiger partial charge in [-0.25, -0.2) is 4.39 Å². The van der Waals surface area contributed by atoms with Gasteiger partial charge in [-0.2, -0.15) is 0 Å². The van der Waals surface area contributed by atoms with E-state index in [-0.39, 0.29) is 11.9 Å². The van der Waals surface area contributed by atoms with Crippen molar-refractivity contribution in [2.24, 2.45) is 0 Å². The van der Waals surface area contributed by atoms with Gasteiger partial charge in [0.1, 0.15) is 5.82 Å². The smallest absolute Gasteiger partial charge is 0.126 e. The summed E-state index contributed by atoms with van der Waals surface area (Å²) in [5.74, 6) is -0.122. The predicted octanol–water partition coefficient (Wildman–Crippen LogP) is 4.87. The van der Waals surface area contributed by atoms with E-state index in [0.29, 0.717) is 6.42 Å². The van der Waals surface area contributed by atoms with Gasteiger partial charge in [0.2, 0.25) is 0 Å². The van der Waals surface area contributed by atoms with Gasteiger partial charge in [0, 0.05) is 16.3 Å². The van der Waals surface area contributed by atoms with Crippen LogP contribution in [0.4, 0.5) is 4.39 Å². The van der Waals surface area contributed by atoms with E-state index >= 15 is 0 Å². The molecule has 108 valence electrons. The molecule has 3 rings (SSSR count). The van der Waals surface area contributed by atoms with Gasteiger partial charge in [0.15, 0.2) is 0 Å². The Labute approximate surface area is 132 Å². The van der Waals surface area contributed by atoms with Crippen LogP contribution in [-0.4, -0.2) is 6.54 Å².